The fraction of sp³-hybridized carbons (Fsp3) is 0.217. The van der Waals surface area contributed by atoms with E-state index in [-0.39, 0.29) is 18.6 Å². The maximum Gasteiger partial charge on any atom is 0.255 e. The van der Waals surface area contributed by atoms with Crippen LogP contribution >= 0.6 is 22.9 Å². The second-order valence-electron chi connectivity index (χ2n) is 7.83. The molecule has 4 aromatic rings. The number of ether oxygens (including phenoxy) is 2. The van der Waals surface area contributed by atoms with Crippen molar-refractivity contribution in [3.63, 3.8) is 0 Å². The second-order valence-corrected chi connectivity index (χ2v) is 9.63. The van der Waals surface area contributed by atoms with E-state index in [9.17, 15) is 4.79 Å². The first-order chi connectivity index (χ1) is 16.2. The number of hydrogen-bond acceptors (Lipinski definition) is 7. The Morgan fingerprint density at radius 3 is 2.88 bits per heavy atom. The average molecular weight is 480 g/mol. The van der Waals surface area contributed by atoms with Gasteiger partial charge in [0.25, 0.3) is 11.9 Å². The average Bonchev–Trinajstić information content (AvgIpc) is 3.22. The Bertz CT molecular complexity index is 1360. The molecule has 0 atom stereocenters. The number of aromatic nitrogens is 4. The molecule has 1 aromatic carbocycles. The first-order valence-electron chi connectivity index (χ1n) is 10.5. The van der Waals surface area contributed by atoms with E-state index in [4.69, 9.17) is 26.1 Å². The quantitative estimate of drug-likeness (QED) is 0.435. The smallest absolute Gasteiger partial charge is 0.255 e. The third kappa shape index (κ3) is 3.94. The number of thiophene rings is 1. The highest BCUT2D eigenvalue weighted by atomic mass is 35.5. The number of fused-ring (bicyclic) bond motifs is 1. The van der Waals surface area contributed by atoms with Crippen LogP contribution in [0.2, 0.25) is 4.34 Å². The minimum atomic E-state index is -0.167. The molecular weight excluding hydrogens is 462 g/mol. The van der Waals surface area contributed by atoms with Crippen molar-refractivity contribution in [2.45, 2.75) is 25.3 Å². The van der Waals surface area contributed by atoms with Gasteiger partial charge in [0.05, 0.1) is 34.0 Å². The number of hydrogen-bond donors (Lipinski definition) is 1. The van der Waals surface area contributed by atoms with Gasteiger partial charge in [-0.15, -0.1) is 11.3 Å². The van der Waals surface area contributed by atoms with E-state index in [1.54, 1.807) is 17.1 Å². The Balaban J connectivity index is 1.30. The number of amides is 1. The third-order valence-electron chi connectivity index (χ3n) is 5.57. The number of nitrogens with zero attached hydrogens (tertiary/aromatic N) is 4. The van der Waals surface area contributed by atoms with E-state index in [2.05, 4.69) is 15.4 Å². The van der Waals surface area contributed by atoms with E-state index < -0.39 is 0 Å². The number of halogens is 1. The topological polar surface area (TPSA) is 91.2 Å². The molecule has 1 fully saturated rings. The lowest BCUT2D eigenvalue weighted by atomic mass is 10.1. The molecule has 33 heavy (non-hydrogen) atoms. The van der Waals surface area contributed by atoms with E-state index in [0.29, 0.717) is 28.1 Å². The molecule has 3 aromatic heterocycles. The summed E-state index contributed by atoms with van der Waals surface area (Å²) in [7, 11) is 0. The zero-order valence-corrected chi connectivity index (χ0v) is 18.9. The zero-order valence-electron chi connectivity index (χ0n) is 17.3. The SMILES string of the molecule is O=C(NCc1ccc(Cl)s1)c1cnn(-c2nccc(-c3ccc4c(c3)OCO4)n2)c1C1CC1. The van der Waals surface area contributed by atoms with E-state index in [1.165, 1.54) is 11.3 Å². The molecule has 6 rings (SSSR count). The van der Waals surface area contributed by atoms with Gasteiger partial charge < -0.3 is 14.8 Å². The summed E-state index contributed by atoms with van der Waals surface area (Å²) in [6.45, 7) is 0.637. The van der Waals surface area contributed by atoms with Crippen molar-refractivity contribution in [2.24, 2.45) is 0 Å². The molecule has 0 radical (unpaired) electrons. The first kappa shape index (κ1) is 20.2. The highest BCUT2D eigenvalue weighted by molar-refractivity contribution is 7.16. The summed E-state index contributed by atoms with van der Waals surface area (Å²) in [5, 5.41) is 7.46. The predicted molar refractivity (Wildman–Crippen MR) is 123 cm³/mol. The van der Waals surface area contributed by atoms with Crippen molar-refractivity contribution < 1.29 is 14.3 Å². The molecule has 2 aliphatic rings. The summed E-state index contributed by atoms with van der Waals surface area (Å²) >= 11 is 7.44. The molecule has 1 amide bonds. The van der Waals surface area contributed by atoms with Gasteiger partial charge in [-0.3, -0.25) is 4.79 Å². The summed E-state index contributed by atoms with van der Waals surface area (Å²) in [6, 6.07) is 11.3. The summed E-state index contributed by atoms with van der Waals surface area (Å²) in [5.41, 5.74) is 3.02. The van der Waals surface area contributed by atoms with Crippen molar-refractivity contribution in [3.8, 4) is 28.7 Å². The van der Waals surface area contributed by atoms with Gasteiger partial charge in [-0.25, -0.2) is 14.6 Å². The lowest BCUT2D eigenvalue weighted by molar-refractivity contribution is 0.0950. The molecule has 10 heteroatoms. The molecule has 1 aliphatic heterocycles. The molecule has 0 saturated heterocycles. The zero-order chi connectivity index (χ0) is 22.4. The van der Waals surface area contributed by atoms with Gasteiger partial charge in [0.1, 0.15) is 0 Å². The van der Waals surface area contributed by atoms with Crippen LogP contribution in [-0.2, 0) is 6.54 Å². The largest absolute Gasteiger partial charge is 0.454 e. The Morgan fingerprint density at radius 1 is 1.18 bits per heavy atom. The molecule has 1 saturated carbocycles. The van der Waals surface area contributed by atoms with Gasteiger partial charge in [0.2, 0.25) is 6.79 Å². The number of carbonyl (C=O) groups is 1. The molecular formula is C23H18ClN5O3S. The number of carbonyl (C=O) groups excluding carboxylic acids is 1. The molecule has 1 aliphatic carbocycles. The molecule has 166 valence electrons. The van der Waals surface area contributed by atoms with Crippen molar-refractivity contribution >= 4 is 28.8 Å². The molecule has 1 N–H and O–H groups in total. The van der Waals surface area contributed by atoms with Crippen LogP contribution in [0.1, 0.15) is 39.7 Å². The molecule has 0 spiro atoms. The number of rotatable bonds is 6. The van der Waals surface area contributed by atoms with Gasteiger partial charge in [0.15, 0.2) is 11.5 Å². The highest BCUT2D eigenvalue weighted by Crippen LogP contribution is 2.42. The fourth-order valence-electron chi connectivity index (χ4n) is 3.82. The lowest BCUT2D eigenvalue weighted by Gasteiger charge is -2.09. The van der Waals surface area contributed by atoms with Crippen LogP contribution in [-0.4, -0.2) is 32.4 Å². The second kappa shape index (κ2) is 8.17. The molecule has 8 nitrogen and oxygen atoms in total. The van der Waals surface area contributed by atoms with Gasteiger partial charge in [-0.1, -0.05) is 11.6 Å². The van der Waals surface area contributed by atoms with Crippen molar-refractivity contribution in [1.29, 1.82) is 0 Å². The van der Waals surface area contributed by atoms with Gasteiger partial charge in [-0.05, 0) is 49.2 Å². The number of benzene rings is 1. The van der Waals surface area contributed by atoms with Crippen LogP contribution in [0.15, 0.2) is 48.8 Å². The summed E-state index contributed by atoms with van der Waals surface area (Å²) in [4.78, 5) is 23.1. The van der Waals surface area contributed by atoms with Crippen LogP contribution in [0.3, 0.4) is 0 Å². The minimum absolute atomic E-state index is 0.167. The third-order valence-corrected chi connectivity index (χ3v) is 6.80. The van der Waals surface area contributed by atoms with E-state index in [0.717, 1.165) is 40.4 Å². The lowest BCUT2D eigenvalue weighted by Crippen LogP contribution is -2.23. The van der Waals surface area contributed by atoms with E-state index >= 15 is 0 Å². The summed E-state index contributed by atoms with van der Waals surface area (Å²) in [5.74, 6) is 1.94. The Hall–Kier alpha value is -3.43. The molecule has 0 bridgehead atoms. The van der Waals surface area contributed by atoms with Crippen molar-refractivity contribution in [1.82, 2.24) is 25.1 Å². The van der Waals surface area contributed by atoms with E-state index in [1.807, 2.05) is 36.4 Å². The normalized spacial score (nSPS) is 14.5. The van der Waals surface area contributed by atoms with Crippen LogP contribution in [0, 0.1) is 0 Å². The van der Waals surface area contributed by atoms with Crippen molar-refractivity contribution in [3.05, 3.63) is 69.3 Å². The van der Waals surface area contributed by atoms with Gasteiger partial charge >= 0.3 is 0 Å². The molecule has 0 unspecified atom stereocenters. The molecule has 4 heterocycles. The summed E-state index contributed by atoms with van der Waals surface area (Å²) in [6.07, 6.45) is 5.31. The monoisotopic (exact) mass is 479 g/mol. The van der Waals surface area contributed by atoms with Crippen molar-refractivity contribution in [2.75, 3.05) is 6.79 Å². The number of nitrogens with one attached hydrogen (secondary N) is 1. The minimum Gasteiger partial charge on any atom is -0.454 e. The Morgan fingerprint density at radius 2 is 2.06 bits per heavy atom. The Kier molecular flexibility index (Phi) is 5.00. The summed E-state index contributed by atoms with van der Waals surface area (Å²) < 4.78 is 13.3. The highest BCUT2D eigenvalue weighted by Gasteiger charge is 2.33. The standard InChI is InChI=1S/C23H18ClN5O3S/c24-20-6-4-15(33-20)10-26-22(30)16-11-27-29(21(16)13-1-2-13)23-25-8-7-17(28-23)14-3-5-18-19(9-14)32-12-31-18/h3-9,11,13H,1-2,10,12H2,(H,26,30). The van der Waals surface area contributed by atoms with Crippen LogP contribution in [0.4, 0.5) is 0 Å². The van der Waals surface area contributed by atoms with Crippen LogP contribution < -0.4 is 14.8 Å². The fourth-order valence-corrected chi connectivity index (χ4v) is 4.85. The van der Waals surface area contributed by atoms with Crippen LogP contribution in [0.25, 0.3) is 17.2 Å². The van der Waals surface area contributed by atoms with Crippen LogP contribution in [0.5, 0.6) is 11.5 Å². The maximum atomic E-state index is 13.0. The maximum absolute atomic E-state index is 13.0. The van der Waals surface area contributed by atoms with Gasteiger partial charge in [-0.2, -0.15) is 5.10 Å². The van der Waals surface area contributed by atoms with Gasteiger partial charge in [0, 0.05) is 22.6 Å². The first-order valence-corrected chi connectivity index (χ1v) is 11.7. The Labute approximate surface area is 198 Å². The predicted octanol–water partition coefficient (Wildman–Crippen LogP) is 4.58.